The van der Waals surface area contributed by atoms with Crippen LogP contribution in [-0.2, 0) is 16.1 Å². The molecule has 0 saturated carbocycles. The second kappa shape index (κ2) is 5.35. The van der Waals surface area contributed by atoms with Crippen LogP contribution in [0.5, 0.6) is 0 Å². The summed E-state index contributed by atoms with van der Waals surface area (Å²) in [5, 5.41) is 0. The lowest BCUT2D eigenvalue weighted by molar-refractivity contribution is -0.141. The number of carbonyl (C=O) groups is 1. The van der Waals surface area contributed by atoms with Crippen molar-refractivity contribution in [2.75, 3.05) is 6.61 Å². The minimum absolute atomic E-state index is 0.196. The number of aromatic amines is 1. The highest BCUT2D eigenvalue weighted by Gasteiger charge is 2.05. The van der Waals surface area contributed by atoms with Gasteiger partial charge in [-0.1, -0.05) is 30.3 Å². The van der Waals surface area contributed by atoms with Crippen molar-refractivity contribution in [3.05, 3.63) is 47.0 Å². The highest BCUT2D eigenvalue weighted by atomic mass is 16.5. The van der Waals surface area contributed by atoms with Crippen LogP contribution in [-0.4, -0.2) is 22.1 Å². The van der Waals surface area contributed by atoms with Gasteiger partial charge in [-0.3, -0.25) is 9.36 Å². The molecule has 5 nitrogen and oxygen atoms in total. The van der Waals surface area contributed by atoms with Crippen LogP contribution in [0, 0.1) is 0 Å². The predicted molar refractivity (Wildman–Crippen MR) is 67.1 cm³/mol. The Labute approximate surface area is 104 Å². The molecule has 18 heavy (non-hydrogen) atoms. The van der Waals surface area contributed by atoms with E-state index in [0.29, 0.717) is 6.54 Å². The molecular formula is C13H14N2O3. The summed E-state index contributed by atoms with van der Waals surface area (Å²) in [5.41, 5.74) is 1.49. The Hall–Kier alpha value is -2.30. The second-order valence-corrected chi connectivity index (χ2v) is 3.87. The Bertz CT molecular complexity index is 584. The zero-order chi connectivity index (χ0) is 13.0. The molecular weight excluding hydrogens is 232 g/mol. The van der Waals surface area contributed by atoms with Gasteiger partial charge in [0.05, 0.1) is 12.2 Å². The van der Waals surface area contributed by atoms with Crippen molar-refractivity contribution in [2.45, 2.75) is 13.5 Å². The molecule has 94 valence electrons. The van der Waals surface area contributed by atoms with Gasteiger partial charge in [-0.05, 0) is 5.56 Å². The Morgan fingerprint density at radius 3 is 2.72 bits per heavy atom. The van der Waals surface area contributed by atoms with E-state index in [0.717, 1.165) is 11.3 Å². The molecule has 0 spiro atoms. The third kappa shape index (κ3) is 2.88. The SMILES string of the molecule is CC(=O)OCCn1cc(-c2ccccc2)[nH]c1=O. The van der Waals surface area contributed by atoms with Gasteiger partial charge in [-0.15, -0.1) is 0 Å². The molecule has 2 rings (SSSR count). The summed E-state index contributed by atoms with van der Waals surface area (Å²) < 4.78 is 6.29. The summed E-state index contributed by atoms with van der Waals surface area (Å²) in [7, 11) is 0. The fraction of sp³-hybridized carbons (Fsp3) is 0.231. The Morgan fingerprint density at radius 1 is 1.33 bits per heavy atom. The Kier molecular flexibility index (Phi) is 3.62. The quantitative estimate of drug-likeness (QED) is 0.829. The zero-order valence-corrected chi connectivity index (χ0v) is 10.1. The maximum absolute atomic E-state index is 11.7. The predicted octanol–water partition coefficient (Wildman–Crippen LogP) is 1.41. The third-order valence-electron chi connectivity index (χ3n) is 2.51. The van der Waals surface area contributed by atoms with Crippen LogP contribution in [0.15, 0.2) is 41.3 Å². The van der Waals surface area contributed by atoms with Crippen LogP contribution in [0.4, 0.5) is 0 Å². The van der Waals surface area contributed by atoms with Gasteiger partial charge in [-0.2, -0.15) is 0 Å². The van der Waals surface area contributed by atoms with E-state index in [4.69, 9.17) is 4.74 Å². The number of nitrogens with zero attached hydrogens (tertiary/aromatic N) is 1. The first-order chi connectivity index (χ1) is 8.66. The lowest BCUT2D eigenvalue weighted by Crippen LogP contribution is -2.19. The van der Waals surface area contributed by atoms with Gasteiger partial charge in [0.1, 0.15) is 6.61 Å². The van der Waals surface area contributed by atoms with E-state index < -0.39 is 0 Å². The summed E-state index contributed by atoms with van der Waals surface area (Å²) >= 11 is 0. The third-order valence-corrected chi connectivity index (χ3v) is 2.51. The first-order valence-electron chi connectivity index (χ1n) is 5.65. The number of ether oxygens (including phenoxy) is 1. The summed E-state index contributed by atoms with van der Waals surface area (Å²) in [4.78, 5) is 25.1. The molecule has 1 aromatic heterocycles. The summed E-state index contributed by atoms with van der Waals surface area (Å²) in [6, 6.07) is 9.57. The van der Waals surface area contributed by atoms with Gasteiger partial charge in [-0.25, -0.2) is 4.79 Å². The van der Waals surface area contributed by atoms with Crippen molar-refractivity contribution < 1.29 is 9.53 Å². The molecule has 0 aliphatic rings. The van der Waals surface area contributed by atoms with Crippen LogP contribution >= 0.6 is 0 Å². The molecule has 0 aliphatic carbocycles. The van der Waals surface area contributed by atoms with Crippen molar-refractivity contribution in [3.8, 4) is 11.3 Å². The van der Waals surface area contributed by atoms with E-state index in [1.165, 1.54) is 11.5 Å². The van der Waals surface area contributed by atoms with E-state index in [9.17, 15) is 9.59 Å². The minimum atomic E-state index is -0.345. The Balaban J connectivity index is 2.13. The van der Waals surface area contributed by atoms with Gasteiger partial charge in [0.25, 0.3) is 0 Å². The molecule has 0 fully saturated rings. The minimum Gasteiger partial charge on any atom is -0.464 e. The van der Waals surface area contributed by atoms with Crippen molar-refractivity contribution in [1.29, 1.82) is 0 Å². The van der Waals surface area contributed by atoms with E-state index in [1.54, 1.807) is 6.20 Å². The molecule has 0 amide bonds. The normalized spacial score (nSPS) is 10.3. The lowest BCUT2D eigenvalue weighted by atomic mass is 10.2. The molecule has 5 heteroatoms. The number of benzene rings is 1. The highest BCUT2D eigenvalue weighted by molar-refractivity contribution is 5.65. The molecule has 2 aromatic rings. The van der Waals surface area contributed by atoms with Crippen molar-refractivity contribution >= 4 is 5.97 Å². The van der Waals surface area contributed by atoms with E-state index in [2.05, 4.69) is 4.98 Å². The van der Waals surface area contributed by atoms with Crippen molar-refractivity contribution in [2.24, 2.45) is 0 Å². The van der Waals surface area contributed by atoms with Gasteiger partial charge in [0.15, 0.2) is 0 Å². The van der Waals surface area contributed by atoms with Gasteiger partial charge in [0.2, 0.25) is 0 Å². The van der Waals surface area contributed by atoms with Crippen molar-refractivity contribution in [1.82, 2.24) is 9.55 Å². The van der Waals surface area contributed by atoms with Gasteiger partial charge >= 0.3 is 11.7 Å². The highest BCUT2D eigenvalue weighted by Crippen LogP contribution is 2.14. The van der Waals surface area contributed by atoms with E-state index in [1.807, 2.05) is 30.3 Å². The smallest absolute Gasteiger partial charge is 0.326 e. The number of esters is 1. The molecule has 1 N–H and O–H groups in total. The summed E-state index contributed by atoms with van der Waals surface area (Å²) in [5.74, 6) is -0.345. The number of hydrogen-bond donors (Lipinski definition) is 1. The maximum Gasteiger partial charge on any atom is 0.326 e. The first-order valence-corrected chi connectivity index (χ1v) is 5.65. The average molecular weight is 246 g/mol. The topological polar surface area (TPSA) is 64.1 Å². The fourth-order valence-electron chi connectivity index (χ4n) is 1.65. The Morgan fingerprint density at radius 2 is 2.06 bits per heavy atom. The van der Waals surface area contributed by atoms with Gasteiger partial charge in [0, 0.05) is 13.1 Å². The number of carbonyl (C=O) groups excluding carboxylic acids is 1. The maximum atomic E-state index is 11.7. The zero-order valence-electron chi connectivity index (χ0n) is 10.1. The summed E-state index contributed by atoms with van der Waals surface area (Å²) in [6.07, 6.45) is 1.72. The molecule has 0 unspecified atom stereocenters. The van der Waals surface area contributed by atoms with Crippen LogP contribution < -0.4 is 5.69 Å². The number of rotatable bonds is 4. The van der Waals surface area contributed by atoms with Crippen LogP contribution in [0.25, 0.3) is 11.3 Å². The monoisotopic (exact) mass is 246 g/mol. The second-order valence-electron chi connectivity index (χ2n) is 3.87. The molecule has 0 atom stereocenters. The number of imidazole rings is 1. The molecule has 0 bridgehead atoms. The molecule has 1 heterocycles. The van der Waals surface area contributed by atoms with Crippen LogP contribution in [0.3, 0.4) is 0 Å². The average Bonchev–Trinajstić information content (AvgIpc) is 2.72. The number of H-pyrrole nitrogens is 1. The number of aromatic nitrogens is 2. The van der Waals surface area contributed by atoms with Crippen molar-refractivity contribution in [3.63, 3.8) is 0 Å². The standard InChI is InChI=1S/C13H14N2O3/c1-10(16)18-8-7-15-9-12(14-13(15)17)11-5-3-2-4-6-11/h2-6,9H,7-8H2,1H3,(H,14,17). The largest absolute Gasteiger partial charge is 0.464 e. The van der Waals surface area contributed by atoms with E-state index in [-0.39, 0.29) is 18.3 Å². The van der Waals surface area contributed by atoms with Crippen LogP contribution in [0.2, 0.25) is 0 Å². The fourth-order valence-corrected chi connectivity index (χ4v) is 1.65. The number of hydrogen-bond acceptors (Lipinski definition) is 3. The number of nitrogens with one attached hydrogen (secondary N) is 1. The lowest BCUT2D eigenvalue weighted by Gasteiger charge is -2.01. The molecule has 0 saturated heterocycles. The summed E-state index contributed by atoms with van der Waals surface area (Å²) in [6.45, 7) is 1.89. The molecule has 0 aliphatic heterocycles. The first kappa shape index (κ1) is 12.2. The van der Waals surface area contributed by atoms with E-state index >= 15 is 0 Å². The van der Waals surface area contributed by atoms with Gasteiger partial charge < -0.3 is 9.72 Å². The van der Waals surface area contributed by atoms with Crippen LogP contribution in [0.1, 0.15) is 6.92 Å². The molecule has 0 radical (unpaired) electrons. The molecule has 1 aromatic carbocycles.